The molecule has 178 valence electrons. The number of aliphatic carboxylic acids is 1. The first-order chi connectivity index (χ1) is 16.6. The van der Waals surface area contributed by atoms with Gasteiger partial charge in [-0.3, -0.25) is 9.59 Å². The minimum absolute atomic E-state index is 0.0214. The summed E-state index contributed by atoms with van der Waals surface area (Å²) in [5.41, 5.74) is 3.79. The first-order valence-electron chi connectivity index (χ1n) is 12.2. The van der Waals surface area contributed by atoms with Gasteiger partial charge in [0.25, 0.3) is 0 Å². The molecule has 1 unspecified atom stereocenters. The third-order valence-corrected chi connectivity index (χ3v) is 6.05. The summed E-state index contributed by atoms with van der Waals surface area (Å²) in [7, 11) is 0. The average Bonchev–Trinajstić information content (AvgIpc) is 2.87. The first-order valence-corrected chi connectivity index (χ1v) is 12.2. The van der Waals surface area contributed by atoms with E-state index in [1.165, 1.54) is 18.4 Å². The van der Waals surface area contributed by atoms with Gasteiger partial charge in [-0.25, -0.2) is 0 Å². The number of carboxylic acids is 1. The van der Waals surface area contributed by atoms with Gasteiger partial charge in [0.2, 0.25) is 0 Å². The Hall–Kier alpha value is -3.40. The molecule has 0 spiro atoms. The lowest BCUT2D eigenvalue weighted by Crippen LogP contribution is -2.18. The van der Waals surface area contributed by atoms with Crippen LogP contribution in [0.5, 0.6) is 5.75 Å². The molecule has 34 heavy (non-hydrogen) atoms. The van der Waals surface area contributed by atoms with Gasteiger partial charge < -0.3 is 9.84 Å². The number of Topliss-reactive ketones (excluding diaryl/α,β-unsaturated/α-hetero) is 1. The molecule has 0 aliphatic heterocycles. The molecule has 0 saturated heterocycles. The number of aryl methyl sites for hydroxylation is 1. The van der Waals surface area contributed by atoms with Crippen LogP contribution in [-0.4, -0.2) is 23.5 Å². The number of hydrogen-bond donors (Lipinski definition) is 1. The second-order valence-electron chi connectivity index (χ2n) is 8.70. The molecule has 1 N–H and O–H groups in total. The molecule has 4 heteroatoms. The van der Waals surface area contributed by atoms with Crippen molar-refractivity contribution in [3.05, 3.63) is 90.0 Å². The number of carboxylic acid groups (broad SMARTS) is 1. The predicted octanol–water partition coefficient (Wildman–Crippen LogP) is 7.22. The van der Waals surface area contributed by atoms with Crippen LogP contribution in [0.4, 0.5) is 0 Å². The van der Waals surface area contributed by atoms with Crippen LogP contribution < -0.4 is 4.74 Å². The van der Waals surface area contributed by atoms with Crippen LogP contribution in [0, 0.1) is 5.92 Å². The maximum Gasteiger partial charge on any atom is 0.306 e. The monoisotopic (exact) mass is 458 g/mol. The molecule has 0 aliphatic rings. The van der Waals surface area contributed by atoms with Crippen LogP contribution in [0.3, 0.4) is 0 Å². The van der Waals surface area contributed by atoms with E-state index in [1.807, 2.05) is 66.7 Å². The zero-order chi connectivity index (χ0) is 24.2. The second kappa shape index (κ2) is 13.3. The Morgan fingerprint density at radius 1 is 0.824 bits per heavy atom. The molecule has 0 radical (unpaired) electrons. The molecule has 0 saturated carbocycles. The number of rotatable bonds is 14. The molecule has 0 heterocycles. The van der Waals surface area contributed by atoms with Crippen molar-refractivity contribution in [2.24, 2.45) is 5.92 Å². The summed E-state index contributed by atoms with van der Waals surface area (Å²) in [5.74, 6) is -0.844. The summed E-state index contributed by atoms with van der Waals surface area (Å²) < 4.78 is 5.77. The Morgan fingerprint density at radius 3 is 2.09 bits per heavy atom. The number of carbonyl (C=O) groups is 2. The van der Waals surface area contributed by atoms with Gasteiger partial charge in [0, 0.05) is 12.0 Å². The number of benzene rings is 3. The van der Waals surface area contributed by atoms with Gasteiger partial charge in [-0.05, 0) is 54.5 Å². The van der Waals surface area contributed by atoms with Crippen LogP contribution in [0.1, 0.15) is 61.4 Å². The highest BCUT2D eigenvalue weighted by molar-refractivity contribution is 5.98. The molecule has 3 aromatic carbocycles. The molecule has 3 rings (SSSR count). The van der Waals surface area contributed by atoms with Gasteiger partial charge in [0.1, 0.15) is 5.75 Å². The normalized spacial score (nSPS) is 11.7. The third kappa shape index (κ3) is 7.87. The Morgan fingerprint density at radius 2 is 1.47 bits per heavy atom. The van der Waals surface area contributed by atoms with Crippen molar-refractivity contribution >= 4 is 11.8 Å². The standard InChI is InChI=1S/C30H34O4/c1-2-3-7-21-34-28-19-17-25(18-20-28)24-13-15-26(16-14-24)29(31)22-27(30(32)33)12-8-11-23-9-5-4-6-10-23/h4-6,9-10,13-20,27H,2-3,7-8,11-12,21-22H2,1H3,(H,32,33). The second-order valence-corrected chi connectivity index (χ2v) is 8.70. The Bertz CT molecular complexity index is 1020. The Balaban J connectivity index is 1.53. The minimum Gasteiger partial charge on any atom is -0.494 e. The topological polar surface area (TPSA) is 63.6 Å². The zero-order valence-corrected chi connectivity index (χ0v) is 19.9. The highest BCUT2D eigenvalue weighted by Gasteiger charge is 2.21. The van der Waals surface area contributed by atoms with Crippen molar-refractivity contribution in [2.75, 3.05) is 6.61 Å². The summed E-state index contributed by atoms with van der Waals surface area (Å²) in [6.07, 6.45) is 5.47. The summed E-state index contributed by atoms with van der Waals surface area (Å²) in [4.78, 5) is 24.5. The SMILES string of the molecule is CCCCCOc1ccc(-c2ccc(C(=O)CC(CCCc3ccccc3)C(=O)O)cc2)cc1. The van der Waals surface area contributed by atoms with E-state index in [0.29, 0.717) is 12.0 Å². The molecule has 0 amide bonds. The van der Waals surface area contributed by atoms with Gasteiger partial charge in [-0.15, -0.1) is 0 Å². The van der Waals surface area contributed by atoms with Crippen molar-refractivity contribution in [3.8, 4) is 16.9 Å². The molecule has 0 bridgehead atoms. The van der Waals surface area contributed by atoms with E-state index in [1.54, 1.807) is 12.1 Å². The molecular formula is C30H34O4. The van der Waals surface area contributed by atoms with Crippen molar-refractivity contribution in [1.29, 1.82) is 0 Å². The fourth-order valence-corrected chi connectivity index (χ4v) is 3.99. The Labute approximate surface area is 202 Å². The molecule has 3 aromatic rings. The van der Waals surface area contributed by atoms with Crippen molar-refractivity contribution in [3.63, 3.8) is 0 Å². The van der Waals surface area contributed by atoms with Crippen LogP contribution in [0.15, 0.2) is 78.9 Å². The lowest BCUT2D eigenvalue weighted by Gasteiger charge is -2.12. The first kappa shape index (κ1) is 25.2. The van der Waals surface area contributed by atoms with Crippen LogP contribution in [-0.2, 0) is 11.2 Å². The predicted molar refractivity (Wildman–Crippen MR) is 136 cm³/mol. The largest absolute Gasteiger partial charge is 0.494 e. The molecular weight excluding hydrogens is 424 g/mol. The maximum atomic E-state index is 12.8. The van der Waals surface area contributed by atoms with Crippen molar-refractivity contribution in [2.45, 2.75) is 51.9 Å². The highest BCUT2D eigenvalue weighted by Crippen LogP contribution is 2.24. The number of unbranched alkanes of at least 4 members (excludes halogenated alkanes) is 2. The van der Waals surface area contributed by atoms with Crippen molar-refractivity contribution < 1.29 is 19.4 Å². The van der Waals surface area contributed by atoms with Crippen LogP contribution >= 0.6 is 0 Å². The number of carbonyl (C=O) groups excluding carboxylic acids is 1. The van der Waals surface area contributed by atoms with E-state index < -0.39 is 11.9 Å². The summed E-state index contributed by atoms with van der Waals surface area (Å²) in [5, 5.41) is 9.60. The van der Waals surface area contributed by atoms with Gasteiger partial charge in [-0.1, -0.05) is 86.5 Å². The quantitative estimate of drug-likeness (QED) is 0.205. The van der Waals surface area contributed by atoms with Crippen molar-refractivity contribution in [1.82, 2.24) is 0 Å². The molecule has 1 atom stereocenters. The van der Waals surface area contributed by atoms with Crippen LogP contribution in [0.25, 0.3) is 11.1 Å². The molecule has 0 fully saturated rings. The highest BCUT2D eigenvalue weighted by atomic mass is 16.5. The van der Waals surface area contributed by atoms with Gasteiger partial charge in [0.15, 0.2) is 5.78 Å². The number of ether oxygens (including phenoxy) is 1. The van der Waals surface area contributed by atoms with Crippen LogP contribution in [0.2, 0.25) is 0 Å². The number of hydrogen-bond acceptors (Lipinski definition) is 3. The van der Waals surface area contributed by atoms with E-state index in [0.717, 1.165) is 42.7 Å². The van der Waals surface area contributed by atoms with E-state index in [4.69, 9.17) is 4.74 Å². The minimum atomic E-state index is -0.907. The van der Waals surface area contributed by atoms with Gasteiger partial charge in [0.05, 0.1) is 12.5 Å². The lowest BCUT2D eigenvalue weighted by atomic mass is 9.92. The van der Waals surface area contributed by atoms with E-state index in [2.05, 4.69) is 6.92 Å². The molecule has 0 aliphatic carbocycles. The molecule has 0 aromatic heterocycles. The number of ketones is 1. The summed E-state index contributed by atoms with van der Waals surface area (Å²) in [6.45, 7) is 2.90. The smallest absolute Gasteiger partial charge is 0.306 e. The van der Waals surface area contributed by atoms with Gasteiger partial charge in [-0.2, -0.15) is 0 Å². The maximum absolute atomic E-state index is 12.8. The van der Waals surface area contributed by atoms with E-state index in [9.17, 15) is 14.7 Å². The lowest BCUT2D eigenvalue weighted by molar-refractivity contribution is -0.141. The van der Waals surface area contributed by atoms with E-state index >= 15 is 0 Å². The van der Waals surface area contributed by atoms with Gasteiger partial charge >= 0.3 is 5.97 Å². The summed E-state index contributed by atoms with van der Waals surface area (Å²) in [6, 6.07) is 25.4. The van der Waals surface area contributed by atoms with E-state index in [-0.39, 0.29) is 12.2 Å². The zero-order valence-electron chi connectivity index (χ0n) is 19.9. The third-order valence-electron chi connectivity index (χ3n) is 6.05. The Kier molecular flexibility index (Phi) is 9.90. The fourth-order valence-electron chi connectivity index (χ4n) is 3.99. The summed E-state index contributed by atoms with van der Waals surface area (Å²) >= 11 is 0. The fraction of sp³-hybridized carbons (Fsp3) is 0.333. The average molecular weight is 459 g/mol. The molecule has 4 nitrogen and oxygen atoms in total.